The third kappa shape index (κ3) is 3.45. The zero-order chi connectivity index (χ0) is 13.3. The Morgan fingerprint density at radius 2 is 2.00 bits per heavy atom. The standard InChI is InChI=1S/C13H15Cl3O2/c1-8(2)18-11-4-9(3-10(14)5-11)13(7-17-13)6-12(15)16/h3-5,8,12H,6-7H2,1-2H3. The van der Waals surface area contributed by atoms with Crippen LogP contribution in [0.5, 0.6) is 5.75 Å². The van der Waals surface area contributed by atoms with Crippen molar-refractivity contribution in [3.05, 3.63) is 28.8 Å². The van der Waals surface area contributed by atoms with Crippen molar-refractivity contribution in [1.29, 1.82) is 0 Å². The van der Waals surface area contributed by atoms with E-state index < -0.39 is 10.4 Å². The van der Waals surface area contributed by atoms with Gasteiger partial charge in [0.05, 0.1) is 12.7 Å². The average molecular weight is 310 g/mol. The molecule has 1 aromatic carbocycles. The lowest BCUT2D eigenvalue weighted by atomic mass is 9.97. The van der Waals surface area contributed by atoms with E-state index >= 15 is 0 Å². The number of benzene rings is 1. The van der Waals surface area contributed by atoms with E-state index in [1.165, 1.54) is 0 Å². The normalized spacial score (nSPS) is 22.6. The first-order chi connectivity index (χ1) is 8.41. The fourth-order valence-corrected chi connectivity index (χ4v) is 2.63. The molecule has 1 aliphatic heterocycles. The minimum absolute atomic E-state index is 0.0983. The van der Waals surface area contributed by atoms with Crippen LogP contribution >= 0.6 is 34.8 Å². The number of epoxide rings is 1. The van der Waals surface area contributed by atoms with E-state index in [2.05, 4.69) is 0 Å². The highest BCUT2D eigenvalue weighted by Crippen LogP contribution is 2.46. The molecular weight excluding hydrogens is 295 g/mol. The Bertz CT molecular complexity index is 428. The van der Waals surface area contributed by atoms with Gasteiger partial charge in [0.1, 0.15) is 16.2 Å². The van der Waals surface area contributed by atoms with Gasteiger partial charge in [-0.2, -0.15) is 0 Å². The van der Waals surface area contributed by atoms with Gasteiger partial charge in [-0.1, -0.05) is 11.6 Å². The topological polar surface area (TPSA) is 21.8 Å². The van der Waals surface area contributed by atoms with E-state index in [9.17, 15) is 0 Å². The molecule has 5 heteroatoms. The van der Waals surface area contributed by atoms with Crippen LogP contribution in [0, 0.1) is 0 Å². The van der Waals surface area contributed by atoms with Gasteiger partial charge in [0.25, 0.3) is 0 Å². The van der Waals surface area contributed by atoms with E-state index in [1.807, 2.05) is 26.0 Å². The number of hydrogen-bond donors (Lipinski definition) is 0. The second-order valence-electron chi connectivity index (χ2n) is 4.72. The molecule has 0 saturated carbocycles. The summed E-state index contributed by atoms with van der Waals surface area (Å²) in [5, 5.41) is 0.624. The molecule has 0 N–H and O–H groups in total. The molecule has 1 atom stereocenters. The molecule has 0 amide bonds. The largest absolute Gasteiger partial charge is 0.491 e. The van der Waals surface area contributed by atoms with Crippen LogP contribution < -0.4 is 4.74 Å². The molecule has 1 aromatic rings. The van der Waals surface area contributed by atoms with Crippen LogP contribution in [-0.4, -0.2) is 17.5 Å². The highest BCUT2D eigenvalue weighted by molar-refractivity contribution is 6.44. The Morgan fingerprint density at radius 3 is 2.50 bits per heavy atom. The molecule has 1 saturated heterocycles. The van der Waals surface area contributed by atoms with Gasteiger partial charge in [0.15, 0.2) is 0 Å². The molecule has 18 heavy (non-hydrogen) atoms. The number of rotatable bonds is 5. The summed E-state index contributed by atoms with van der Waals surface area (Å²) in [5.41, 5.74) is 0.575. The molecule has 0 aromatic heterocycles. The second-order valence-corrected chi connectivity index (χ2v) is 6.43. The molecule has 0 radical (unpaired) electrons. The van der Waals surface area contributed by atoms with Crippen LogP contribution in [0.15, 0.2) is 18.2 Å². The zero-order valence-corrected chi connectivity index (χ0v) is 12.5. The first-order valence-electron chi connectivity index (χ1n) is 5.81. The Labute approximate surface area is 122 Å². The maximum absolute atomic E-state index is 6.10. The lowest BCUT2D eigenvalue weighted by Gasteiger charge is -2.16. The summed E-state index contributed by atoms with van der Waals surface area (Å²) >= 11 is 17.8. The number of hydrogen-bond acceptors (Lipinski definition) is 2. The molecule has 1 heterocycles. The van der Waals surface area contributed by atoms with Crippen LogP contribution in [0.4, 0.5) is 0 Å². The molecule has 0 bridgehead atoms. The minimum Gasteiger partial charge on any atom is -0.491 e. The third-order valence-electron chi connectivity index (χ3n) is 2.75. The summed E-state index contributed by atoms with van der Waals surface area (Å²) in [6, 6.07) is 5.60. The van der Waals surface area contributed by atoms with Gasteiger partial charge in [-0.25, -0.2) is 0 Å². The Balaban J connectivity index is 2.25. The van der Waals surface area contributed by atoms with E-state index in [0.29, 0.717) is 18.1 Å². The van der Waals surface area contributed by atoms with Gasteiger partial charge in [-0.15, -0.1) is 23.2 Å². The minimum atomic E-state index is -0.457. The predicted molar refractivity (Wildman–Crippen MR) is 75.0 cm³/mol. The van der Waals surface area contributed by atoms with E-state index in [4.69, 9.17) is 44.3 Å². The number of halogens is 3. The molecule has 0 aliphatic carbocycles. The fraction of sp³-hybridized carbons (Fsp3) is 0.538. The summed E-state index contributed by atoms with van der Waals surface area (Å²) in [5.74, 6) is 0.739. The van der Waals surface area contributed by atoms with Crippen LogP contribution in [0.3, 0.4) is 0 Å². The van der Waals surface area contributed by atoms with Crippen molar-refractivity contribution in [3.63, 3.8) is 0 Å². The average Bonchev–Trinajstić information content (AvgIpc) is 2.95. The van der Waals surface area contributed by atoms with Gasteiger partial charge >= 0.3 is 0 Å². The van der Waals surface area contributed by atoms with Crippen molar-refractivity contribution in [3.8, 4) is 5.75 Å². The lowest BCUT2D eigenvalue weighted by molar-refractivity contribution is 0.240. The molecule has 100 valence electrons. The van der Waals surface area contributed by atoms with E-state index in [-0.39, 0.29) is 6.10 Å². The Hall–Kier alpha value is -0.150. The third-order valence-corrected chi connectivity index (χ3v) is 3.27. The highest BCUT2D eigenvalue weighted by atomic mass is 35.5. The van der Waals surface area contributed by atoms with Crippen LogP contribution in [-0.2, 0) is 10.3 Å². The second kappa shape index (κ2) is 5.46. The summed E-state index contributed by atoms with van der Waals surface area (Å²) in [7, 11) is 0. The maximum Gasteiger partial charge on any atom is 0.121 e. The smallest absolute Gasteiger partial charge is 0.121 e. The first kappa shape index (κ1) is 14.3. The molecule has 1 unspecified atom stereocenters. The van der Waals surface area contributed by atoms with Crippen LogP contribution in [0.2, 0.25) is 5.02 Å². The van der Waals surface area contributed by atoms with E-state index in [1.54, 1.807) is 6.07 Å². The summed E-state index contributed by atoms with van der Waals surface area (Å²) in [6.45, 7) is 4.56. The highest BCUT2D eigenvalue weighted by Gasteiger charge is 2.47. The zero-order valence-electron chi connectivity index (χ0n) is 10.3. The Kier molecular flexibility index (Phi) is 4.32. The van der Waals surface area contributed by atoms with Gasteiger partial charge in [0, 0.05) is 11.4 Å². The molecule has 1 fully saturated rings. The number of ether oxygens (including phenoxy) is 2. The van der Waals surface area contributed by atoms with Gasteiger partial charge in [-0.05, 0) is 37.6 Å². The van der Waals surface area contributed by atoms with Gasteiger partial charge < -0.3 is 9.47 Å². The van der Waals surface area contributed by atoms with Gasteiger partial charge in [0.2, 0.25) is 0 Å². The van der Waals surface area contributed by atoms with Crippen molar-refractivity contribution in [1.82, 2.24) is 0 Å². The van der Waals surface area contributed by atoms with Crippen molar-refractivity contribution in [2.24, 2.45) is 0 Å². The molecule has 2 rings (SSSR count). The van der Waals surface area contributed by atoms with Crippen LogP contribution in [0.25, 0.3) is 0 Å². The molecule has 0 spiro atoms. The summed E-state index contributed by atoms with van der Waals surface area (Å²) in [6.07, 6.45) is 0.651. The predicted octanol–water partition coefficient (Wildman–Crippen LogP) is 4.55. The molecular formula is C13H15Cl3O2. The summed E-state index contributed by atoms with van der Waals surface area (Å²) < 4.78 is 11.2. The fourth-order valence-electron chi connectivity index (χ4n) is 1.90. The first-order valence-corrected chi connectivity index (χ1v) is 7.06. The van der Waals surface area contributed by atoms with Crippen molar-refractivity contribution < 1.29 is 9.47 Å². The monoisotopic (exact) mass is 308 g/mol. The summed E-state index contributed by atoms with van der Waals surface area (Å²) in [4.78, 5) is -0.457. The SMILES string of the molecule is CC(C)Oc1cc(Cl)cc(C2(CC(Cl)Cl)CO2)c1. The maximum atomic E-state index is 6.10. The van der Waals surface area contributed by atoms with Crippen molar-refractivity contribution in [2.75, 3.05) is 6.61 Å². The van der Waals surface area contributed by atoms with Crippen LogP contribution in [0.1, 0.15) is 25.8 Å². The molecule has 2 nitrogen and oxygen atoms in total. The van der Waals surface area contributed by atoms with Crippen molar-refractivity contribution >= 4 is 34.8 Å². The lowest BCUT2D eigenvalue weighted by Crippen LogP contribution is -2.13. The quantitative estimate of drug-likeness (QED) is 0.588. The van der Waals surface area contributed by atoms with E-state index in [0.717, 1.165) is 11.3 Å². The Morgan fingerprint density at radius 1 is 1.33 bits per heavy atom. The molecule has 1 aliphatic rings. The van der Waals surface area contributed by atoms with Gasteiger partial charge in [-0.3, -0.25) is 0 Å². The van der Waals surface area contributed by atoms with Crippen molar-refractivity contribution in [2.45, 2.75) is 36.8 Å². The number of alkyl halides is 2.